The number of benzene rings is 2. The van der Waals surface area contributed by atoms with Crippen molar-refractivity contribution >= 4 is 10.8 Å². The van der Waals surface area contributed by atoms with Crippen molar-refractivity contribution in [3.05, 3.63) is 47.5 Å². The Kier molecular flexibility index (Phi) is 2.85. The molecule has 0 spiro atoms. The van der Waals surface area contributed by atoms with Crippen LogP contribution in [0.25, 0.3) is 10.8 Å². The minimum atomic E-state index is -0.281. The van der Waals surface area contributed by atoms with Gasteiger partial charge in [0.05, 0.1) is 6.10 Å². The molecule has 1 heteroatoms. The Bertz CT molecular complexity index is 645. The highest BCUT2D eigenvalue weighted by atomic mass is 16.3. The van der Waals surface area contributed by atoms with Gasteiger partial charge in [0.25, 0.3) is 0 Å². The van der Waals surface area contributed by atoms with Crippen LogP contribution in [0, 0.1) is 24.7 Å². The highest BCUT2D eigenvalue weighted by molar-refractivity contribution is 5.87. The monoisotopic (exact) mass is 266 g/mol. The van der Waals surface area contributed by atoms with Crippen molar-refractivity contribution in [2.45, 2.75) is 38.7 Å². The largest absolute Gasteiger partial charge is 0.388 e. The van der Waals surface area contributed by atoms with E-state index in [1.807, 2.05) is 0 Å². The Hall–Kier alpha value is -1.34. The molecule has 0 saturated heterocycles. The first-order valence-electron chi connectivity index (χ1n) is 7.90. The van der Waals surface area contributed by atoms with Gasteiger partial charge in [-0.3, -0.25) is 0 Å². The van der Waals surface area contributed by atoms with Crippen LogP contribution in [0.3, 0.4) is 0 Å². The van der Waals surface area contributed by atoms with Crippen LogP contribution in [0.1, 0.15) is 42.9 Å². The SMILES string of the molecule is Cc1ccc2ccccc2c1C(O)C1CC2CCC1C2. The summed E-state index contributed by atoms with van der Waals surface area (Å²) in [6, 6.07) is 12.8. The maximum absolute atomic E-state index is 11.0. The summed E-state index contributed by atoms with van der Waals surface area (Å²) >= 11 is 0. The molecule has 2 aromatic rings. The van der Waals surface area contributed by atoms with Gasteiger partial charge < -0.3 is 5.11 Å². The number of aliphatic hydroxyl groups is 1. The second-order valence-electron chi connectivity index (χ2n) is 6.80. The lowest BCUT2D eigenvalue weighted by Gasteiger charge is -2.29. The van der Waals surface area contributed by atoms with Crippen molar-refractivity contribution in [2.24, 2.45) is 17.8 Å². The molecular formula is C19H22O. The molecule has 2 bridgehead atoms. The average Bonchev–Trinajstić information content (AvgIpc) is 3.09. The lowest BCUT2D eigenvalue weighted by atomic mass is 9.80. The standard InChI is InChI=1S/C19H22O/c1-12-6-8-14-4-2-3-5-16(14)18(12)19(20)17-11-13-7-9-15(17)10-13/h2-6,8,13,15,17,19-20H,7,9-11H2,1H3. The number of hydrogen-bond acceptors (Lipinski definition) is 1. The van der Waals surface area contributed by atoms with Gasteiger partial charge in [-0.25, -0.2) is 0 Å². The summed E-state index contributed by atoms with van der Waals surface area (Å²) in [5.74, 6) is 2.13. The fraction of sp³-hybridized carbons (Fsp3) is 0.474. The van der Waals surface area contributed by atoms with E-state index in [1.165, 1.54) is 47.6 Å². The third-order valence-electron chi connectivity index (χ3n) is 5.68. The van der Waals surface area contributed by atoms with E-state index >= 15 is 0 Å². The average molecular weight is 266 g/mol. The van der Waals surface area contributed by atoms with E-state index in [9.17, 15) is 5.11 Å². The van der Waals surface area contributed by atoms with Gasteiger partial charge in [0.15, 0.2) is 0 Å². The molecular weight excluding hydrogens is 244 g/mol. The van der Waals surface area contributed by atoms with Crippen LogP contribution in [0.4, 0.5) is 0 Å². The molecule has 0 aliphatic heterocycles. The third kappa shape index (κ3) is 1.80. The molecule has 2 aliphatic carbocycles. The lowest BCUT2D eigenvalue weighted by molar-refractivity contribution is 0.0752. The van der Waals surface area contributed by atoms with Crippen LogP contribution < -0.4 is 0 Å². The molecule has 104 valence electrons. The molecule has 1 N–H and O–H groups in total. The van der Waals surface area contributed by atoms with Crippen LogP contribution in [0.5, 0.6) is 0 Å². The highest BCUT2D eigenvalue weighted by Gasteiger charge is 2.43. The summed E-state index contributed by atoms with van der Waals surface area (Å²) in [6.07, 6.45) is 5.02. The number of rotatable bonds is 2. The summed E-state index contributed by atoms with van der Waals surface area (Å²) in [4.78, 5) is 0. The van der Waals surface area contributed by atoms with Gasteiger partial charge in [-0.15, -0.1) is 0 Å². The Morgan fingerprint density at radius 1 is 1.05 bits per heavy atom. The van der Waals surface area contributed by atoms with Crippen molar-refractivity contribution in [3.8, 4) is 0 Å². The summed E-state index contributed by atoms with van der Waals surface area (Å²) in [5, 5.41) is 13.5. The minimum Gasteiger partial charge on any atom is -0.388 e. The molecule has 0 amide bonds. The quantitative estimate of drug-likeness (QED) is 0.841. The number of aryl methyl sites for hydroxylation is 1. The first-order chi connectivity index (χ1) is 9.74. The first kappa shape index (κ1) is 12.4. The van der Waals surface area contributed by atoms with Gasteiger partial charge in [0.2, 0.25) is 0 Å². The fourth-order valence-corrected chi connectivity index (χ4v) is 4.69. The van der Waals surface area contributed by atoms with Crippen molar-refractivity contribution in [2.75, 3.05) is 0 Å². The predicted molar refractivity (Wildman–Crippen MR) is 82.6 cm³/mol. The Balaban J connectivity index is 1.79. The lowest BCUT2D eigenvalue weighted by Crippen LogP contribution is -2.20. The van der Waals surface area contributed by atoms with Crippen LogP contribution >= 0.6 is 0 Å². The van der Waals surface area contributed by atoms with Crippen LogP contribution in [-0.4, -0.2) is 5.11 Å². The molecule has 2 saturated carbocycles. The predicted octanol–water partition coefficient (Wildman–Crippen LogP) is 4.62. The van der Waals surface area contributed by atoms with Crippen molar-refractivity contribution in [1.82, 2.24) is 0 Å². The smallest absolute Gasteiger partial charge is 0.0829 e. The molecule has 4 unspecified atom stereocenters. The van der Waals surface area contributed by atoms with Crippen molar-refractivity contribution < 1.29 is 5.11 Å². The van der Waals surface area contributed by atoms with Gasteiger partial charge in [-0.05, 0) is 65.8 Å². The molecule has 0 heterocycles. The van der Waals surface area contributed by atoms with E-state index in [4.69, 9.17) is 0 Å². The van der Waals surface area contributed by atoms with E-state index < -0.39 is 0 Å². The van der Waals surface area contributed by atoms with Gasteiger partial charge in [0.1, 0.15) is 0 Å². The molecule has 1 nitrogen and oxygen atoms in total. The Labute approximate surface area is 120 Å². The normalized spacial score (nSPS) is 30.0. The summed E-state index contributed by atoms with van der Waals surface area (Å²) < 4.78 is 0. The van der Waals surface area contributed by atoms with E-state index in [2.05, 4.69) is 43.3 Å². The molecule has 0 aromatic heterocycles. The molecule has 4 rings (SSSR count). The van der Waals surface area contributed by atoms with Gasteiger partial charge >= 0.3 is 0 Å². The molecule has 2 aromatic carbocycles. The van der Waals surface area contributed by atoms with E-state index in [0.29, 0.717) is 5.92 Å². The second-order valence-corrected chi connectivity index (χ2v) is 6.80. The third-order valence-corrected chi connectivity index (χ3v) is 5.68. The van der Waals surface area contributed by atoms with Crippen LogP contribution in [0.15, 0.2) is 36.4 Å². The molecule has 4 atom stereocenters. The van der Waals surface area contributed by atoms with Gasteiger partial charge in [-0.1, -0.05) is 42.8 Å². The highest BCUT2D eigenvalue weighted by Crippen LogP contribution is 2.53. The van der Waals surface area contributed by atoms with Crippen LogP contribution in [0.2, 0.25) is 0 Å². The zero-order valence-electron chi connectivity index (χ0n) is 12.0. The maximum Gasteiger partial charge on any atom is 0.0829 e. The van der Waals surface area contributed by atoms with Crippen molar-refractivity contribution in [3.63, 3.8) is 0 Å². The summed E-state index contributed by atoms with van der Waals surface area (Å²) in [6.45, 7) is 2.14. The van der Waals surface area contributed by atoms with E-state index in [-0.39, 0.29) is 6.10 Å². The van der Waals surface area contributed by atoms with Crippen molar-refractivity contribution in [1.29, 1.82) is 0 Å². The summed E-state index contributed by atoms with van der Waals surface area (Å²) in [5.41, 5.74) is 2.42. The Morgan fingerprint density at radius 3 is 2.65 bits per heavy atom. The summed E-state index contributed by atoms with van der Waals surface area (Å²) in [7, 11) is 0. The number of aliphatic hydroxyl groups excluding tert-OH is 1. The number of fused-ring (bicyclic) bond motifs is 3. The Morgan fingerprint density at radius 2 is 1.90 bits per heavy atom. The molecule has 2 aliphatic rings. The van der Waals surface area contributed by atoms with E-state index in [1.54, 1.807) is 0 Å². The second kappa shape index (κ2) is 4.60. The number of hydrogen-bond donors (Lipinski definition) is 1. The van der Waals surface area contributed by atoms with Gasteiger partial charge in [0, 0.05) is 0 Å². The maximum atomic E-state index is 11.0. The van der Waals surface area contributed by atoms with E-state index in [0.717, 1.165) is 11.8 Å². The van der Waals surface area contributed by atoms with Gasteiger partial charge in [-0.2, -0.15) is 0 Å². The minimum absolute atomic E-state index is 0.281. The topological polar surface area (TPSA) is 20.2 Å². The molecule has 0 radical (unpaired) electrons. The molecule has 2 fully saturated rings. The van der Waals surface area contributed by atoms with Crippen LogP contribution in [-0.2, 0) is 0 Å². The molecule has 20 heavy (non-hydrogen) atoms. The first-order valence-corrected chi connectivity index (χ1v) is 7.90. The zero-order chi connectivity index (χ0) is 13.7. The zero-order valence-corrected chi connectivity index (χ0v) is 12.0. The fourth-order valence-electron chi connectivity index (χ4n) is 4.69.